The Morgan fingerprint density at radius 1 is 0.974 bits per heavy atom. The van der Waals surface area contributed by atoms with Crippen LogP contribution < -0.4 is 15.0 Å². The molecule has 1 aliphatic heterocycles. The van der Waals surface area contributed by atoms with E-state index in [9.17, 15) is 14.7 Å². The van der Waals surface area contributed by atoms with Crippen LogP contribution in [0.2, 0.25) is 0 Å². The zero-order valence-corrected chi connectivity index (χ0v) is 20.9. The molecule has 0 aliphatic carbocycles. The highest BCUT2D eigenvalue weighted by Crippen LogP contribution is 2.34. The average Bonchev–Trinajstić information content (AvgIpc) is 2.93. The minimum atomic E-state index is -1.10. The number of aromatic carboxylic acids is 1. The third-order valence-corrected chi connectivity index (χ3v) is 6.68. The molecule has 38 heavy (non-hydrogen) atoms. The number of hydrogen-bond acceptors (Lipinski definition) is 4. The van der Waals surface area contributed by atoms with Crippen LogP contribution in [-0.2, 0) is 6.54 Å². The first-order valence-electron chi connectivity index (χ1n) is 12.4. The van der Waals surface area contributed by atoms with Gasteiger partial charge in [-0.3, -0.25) is 4.79 Å². The van der Waals surface area contributed by atoms with Crippen molar-refractivity contribution in [1.29, 1.82) is 0 Å². The van der Waals surface area contributed by atoms with Crippen LogP contribution in [-0.4, -0.2) is 30.1 Å². The normalized spacial score (nSPS) is 13.3. The fraction of sp³-hybridized carbons (Fsp3) is 0.161. The lowest BCUT2D eigenvalue weighted by Crippen LogP contribution is -2.32. The van der Waals surface area contributed by atoms with Crippen molar-refractivity contribution in [2.24, 2.45) is 0 Å². The maximum absolute atomic E-state index is 15.1. The molecule has 0 aromatic heterocycles. The second-order valence-electron chi connectivity index (χ2n) is 9.22. The first-order valence-corrected chi connectivity index (χ1v) is 12.4. The van der Waals surface area contributed by atoms with Gasteiger partial charge in [-0.05, 0) is 53.9 Å². The summed E-state index contributed by atoms with van der Waals surface area (Å²) < 4.78 is 21.0. The molecule has 4 aromatic rings. The van der Waals surface area contributed by atoms with E-state index >= 15 is 4.39 Å². The monoisotopic (exact) mass is 510 g/mol. The summed E-state index contributed by atoms with van der Waals surface area (Å²) in [5, 5.41) is 12.5. The molecular formula is C31H27FN2O4. The number of nitrogens with one attached hydrogen (secondary N) is 1. The summed E-state index contributed by atoms with van der Waals surface area (Å²) in [6.45, 7) is 3.42. The number of fused-ring (bicyclic) bond motifs is 1. The molecule has 1 atom stereocenters. The Morgan fingerprint density at radius 3 is 2.50 bits per heavy atom. The first-order chi connectivity index (χ1) is 18.4. The molecule has 5 rings (SSSR count). The number of carboxylic acids is 1. The zero-order valence-electron chi connectivity index (χ0n) is 20.9. The fourth-order valence-corrected chi connectivity index (χ4v) is 4.69. The van der Waals surface area contributed by atoms with Crippen LogP contribution in [0, 0.1) is 5.82 Å². The highest BCUT2D eigenvalue weighted by molar-refractivity contribution is 5.96. The predicted octanol–water partition coefficient (Wildman–Crippen LogP) is 6.08. The van der Waals surface area contributed by atoms with E-state index in [1.165, 1.54) is 12.1 Å². The van der Waals surface area contributed by atoms with E-state index in [-0.39, 0.29) is 23.1 Å². The zero-order chi connectivity index (χ0) is 26.6. The van der Waals surface area contributed by atoms with Gasteiger partial charge in [0.2, 0.25) is 0 Å². The van der Waals surface area contributed by atoms with Crippen molar-refractivity contribution in [3.05, 3.63) is 119 Å². The molecule has 4 aromatic carbocycles. The first kappa shape index (κ1) is 25.0. The van der Waals surface area contributed by atoms with Crippen LogP contribution in [0.25, 0.3) is 11.1 Å². The molecule has 1 heterocycles. The number of carbonyl (C=O) groups is 2. The second kappa shape index (κ2) is 10.8. The molecule has 0 fully saturated rings. The Labute approximate surface area is 220 Å². The minimum absolute atomic E-state index is 0.0549. The SMILES string of the molecule is CC(NC(=O)c1ccc2c(c1)OCCN2Cc1ccc(-c2ccccc2C(=O)O)c(F)c1)c1ccccc1. The number of rotatable bonds is 7. The van der Waals surface area contributed by atoms with Gasteiger partial charge in [0.15, 0.2) is 0 Å². The van der Waals surface area contributed by atoms with E-state index in [0.717, 1.165) is 16.8 Å². The van der Waals surface area contributed by atoms with E-state index in [1.807, 2.05) is 43.3 Å². The quantitative estimate of drug-likeness (QED) is 0.315. The Balaban J connectivity index is 1.32. The summed E-state index contributed by atoms with van der Waals surface area (Å²) in [6.07, 6.45) is 0. The molecule has 0 saturated carbocycles. The van der Waals surface area contributed by atoms with E-state index in [0.29, 0.717) is 36.6 Å². The molecule has 1 aliphatic rings. The van der Waals surface area contributed by atoms with E-state index in [1.54, 1.807) is 42.5 Å². The molecule has 1 amide bonds. The van der Waals surface area contributed by atoms with E-state index < -0.39 is 11.8 Å². The van der Waals surface area contributed by atoms with Gasteiger partial charge < -0.3 is 20.1 Å². The largest absolute Gasteiger partial charge is 0.490 e. The predicted molar refractivity (Wildman–Crippen MR) is 144 cm³/mol. The van der Waals surface area contributed by atoms with Gasteiger partial charge in [0, 0.05) is 17.7 Å². The van der Waals surface area contributed by atoms with Crippen LogP contribution in [0.3, 0.4) is 0 Å². The highest BCUT2D eigenvalue weighted by Gasteiger charge is 2.22. The summed E-state index contributed by atoms with van der Waals surface area (Å²) in [4.78, 5) is 26.5. The van der Waals surface area contributed by atoms with Crippen LogP contribution >= 0.6 is 0 Å². The summed E-state index contributed by atoms with van der Waals surface area (Å²) in [5.74, 6) is -1.17. The van der Waals surface area contributed by atoms with Crippen molar-refractivity contribution < 1.29 is 23.8 Å². The van der Waals surface area contributed by atoms with Gasteiger partial charge in [-0.1, -0.05) is 60.7 Å². The molecule has 2 N–H and O–H groups in total. The molecule has 192 valence electrons. The minimum Gasteiger partial charge on any atom is -0.490 e. The van der Waals surface area contributed by atoms with Gasteiger partial charge in [0.25, 0.3) is 5.91 Å². The number of hydrogen-bond donors (Lipinski definition) is 2. The summed E-state index contributed by atoms with van der Waals surface area (Å²) in [5.41, 5.74) is 3.73. The summed E-state index contributed by atoms with van der Waals surface area (Å²) in [7, 11) is 0. The van der Waals surface area contributed by atoms with Gasteiger partial charge in [0.1, 0.15) is 18.2 Å². The molecular weight excluding hydrogens is 483 g/mol. The Bertz CT molecular complexity index is 1490. The van der Waals surface area contributed by atoms with Gasteiger partial charge in [-0.2, -0.15) is 0 Å². The number of amides is 1. The van der Waals surface area contributed by atoms with Crippen LogP contribution in [0.5, 0.6) is 5.75 Å². The third-order valence-electron chi connectivity index (χ3n) is 6.68. The Hall–Kier alpha value is -4.65. The van der Waals surface area contributed by atoms with Gasteiger partial charge in [-0.15, -0.1) is 0 Å². The lowest BCUT2D eigenvalue weighted by atomic mass is 9.98. The molecule has 7 heteroatoms. The van der Waals surface area contributed by atoms with Crippen molar-refractivity contribution in [2.75, 3.05) is 18.1 Å². The maximum Gasteiger partial charge on any atom is 0.336 e. The van der Waals surface area contributed by atoms with Gasteiger partial charge in [-0.25, -0.2) is 9.18 Å². The number of halogens is 1. The number of anilines is 1. The number of carbonyl (C=O) groups excluding carboxylic acids is 1. The van der Waals surface area contributed by atoms with Gasteiger partial charge >= 0.3 is 5.97 Å². The Kier molecular flexibility index (Phi) is 7.09. The number of benzene rings is 4. The van der Waals surface area contributed by atoms with Gasteiger partial charge in [0.05, 0.1) is 23.8 Å². The molecule has 0 radical (unpaired) electrons. The number of ether oxygens (including phenoxy) is 1. The summed E-state index contributed by atoms with van der Waals surface area (Å²) in [6, 6.07) is 26.2. The van der Waals surface area contributed by atoms with Crippen LogP contribution in [0.4, 0.5) is 10.1 Å². The van der Waals surface area contributed by atoms with Crippen molar-refractivity contribution in [3.8, 4) is 16.9 Å². The van der Waals surface area contributed by atoms with Crippen LogP contribution in [0.1, 0.15) is 44.8 Å². The second-order valence-corrected chi connectivity index (χ2v) is 9.22. The van der Waals surface area contributed by atoms with Crippen LogP contribution in [0.15, 0.2) is 91.0 Å². The third kappa shape index (κ3) is 5.22. The van der Waals surface area contributed by atoms with Crippen molar-refractivity contribution in [3.63, 3.8) is 0 Å². The summed E-state index contributed by atoms with van der Waals surface area (Å²) >= 11 is 0. The smallest absolute Gasteiger partial charge is 0.336 e. The van der Waals surface area contributed by atoms with E-state index in [4.69, 9.17) is 4.74 Å². The van der Waals surface area contributed by atoms with Crippen molar-refractivity contribution >= 4 is 17.6 Å². The molecule has 0 bridgehead atoms. The molecule has 0 saturated heterocycles. The molecule has 0 spiro atoms. The Morgan fingerprint density at radius 2 is 1.74 bits per heavy atom. The fourth-order valence-electron chi connectivity index (χ4n) is 4.69. The maximum atomic E-state index is 15.1. The number of nitrogens with zero attached hydrogens (tertiary/aromatic N) is 1. The molecule has 6 nitrogen and oxygen atoms in total. The standard InChI is InChI=1S/C31H27FN2O4/c1-20(22-7-3-2-4-8-22)33-30(35)23-12-14-28-29(18-23)38-16-15-34(28)19-21-11-13-25(27(32)17-21)24-9-5-6-10-26(24)31(36)37/h2-14,17-18,20H,15-16,19H2,1H3,(H,33,35)(H,36,37). The topological polar surface area (TPSA) is 78.9 Å². The average molecular weight is 511 g/mol. The van der Waals surface area contributed by atoms with E-state index in [2.05, 4.69) is 10.2 Å². The van der Waals surface area contributed by atoms with Crippen molar-refractivity contribution in [2.45, 2.75) is 19.5 Å². The molecule has 1 unspecified atom stereocenters. The lowest BCUT2D eigenvalue weighted by molar-refractivity contribution is 0.0697. The lowest BCUT2D eigenvalue weighted by Gasteiger charge is -2.31. The highest BCUT2D eigenvalue weighted by atomic mass is 19.1. The number of carboxylic acid groups (broad SMARTS) is 1. The van der Waals surface area contributed by atoms with Crippen molar-refractivity contribution in [1.82, 2.24) is 5.32 Å².